The van der Waals surface area contributed by atoms with Crippen molar-refractivity contribution in [2.24, 2.45) is 0 Å². The maximum atomic E-state index is 12.2. The smallest absolute Gasteiger partial charge is 0.226 e. The molecule has 6 nitrogen and oxygen atoms in total. The van der Waals surface area contributed by atoms with E-state index in [2.05, 4.69) is 5.32 Å². The third-order valence-electron chi connectivity index (χ3n) is 3.77. The highest BCUT2D eigenvalue weighted by atomic mass is 16.5. The molecular formula is C20H24N2O4. The van der Waals surface area contributed by atoms with Crippen LogP contribution in [-0.4, -0.2) is 32.1 Å². The second-order valence-corrected chi connectivity index (χ2v) is 5.60. The number of para-hydroxylation sites is 2. The fraction of sp³-hybridized carbons (Fsp3) is 0.300. The lowest BCUT2D eigenvalue weighted by atomic mass is 10.2. The molecule has 0 unspecified atom stereocenters. The zero-order valence-electron chi connectivity index (χ0n) is 15.3. The molecule has 0 aliphatic heterocycles. The van der Waals surface area contributed by atoms with Crippen LogP contribution >= 0.6 is 0 Å². The van der Waals surface area contributed by atoms with Gasteiger partial charge in [-0.25, -0.2) is 0 Å². The molecule has 0 aliphatic carbocycles. The Morgan fingerprint density at radius 2 is 1.77 bits per heavy atom. The maximum absolute atomic E-state index is 12.2. The molecule has 1 N–H and O–H groups in total. The molecule has 0 spiro atoms. The number of ether oxygens (including phenoxy) is 2. The molecule has 0 radical (unpaired) electrons. The molecule has 0 heterocycles. The van der Waals surface area contributed by atoms with Gasteiger partial charge in [0, 0.05) is 25.6 Å². The summed E-state index contributed by atoms with van der Waals surface area (Å²) < 4.78 is 10.7. The number of carbonyl (C=O) groups is 2. The topological polar surface area (TPSA) is 67.9 Å². The van der Waals surface area contributed by atoms with Gasteiger partial charge in [-0.15, -0.1) is 0 Å². The average Bonchev–Trinajstić information content (AvgIpc) is 2.64. The van der Waals surface area contributed by atoms with E-state index in [1.165, 1.54) is 11.8 Å². The van der Waals surface area contributed by atoms with Crippen LogP contribution in [0.25, 0.3) is 0 Å². The van der Waals surface area contributed by atoms with Gasteiger partial charge in [0.25, 0.3) is 0 Å². The number of amides is 2. The second-order valence-electron chi connectivity index (χ2n) is 5.60. The zero-order chi connectivity index (χ0) is 18.9. The molecule has 2 amide bonds. The van der Waals surface area contributed by atoms with Gasteiger partial charge in [-0.3, -0.25) is 9.59 Å². The van der Waals surface area contributed by atoms with Crippen molar-refractivity contribution in [2.75, 3.05) is 30.5 Å². The first-order valence-corrected chi connectivity index (χ1v) is 8.49. The Kier molecular flexibility index (Phi) is 7.02. The van der Waals surface area contributed by atoms with Crippen molar-refractivity contribution in [1.82, 2.24) is 0 Å². The molecule has 2 aromatic carbocycles. The summed E-state index contributed by atoms with van der Waals surface area (Å²) in [4.78, 5) is 25.8. The summed E-state index contributed by atoms with van der Waals surface area (Å²) in [6.07, 6.45) is 0.171. The van der Waals surface area contributed by atoms with E-state index >= 15 is 0 Å². The first-order valence-electron chi connectivity index (χ1n) is 8.49. The average molecular weight is 356 g/mol. The summed E-state index contributed by atoms with van der Waals surface area (Å²) in [5, 5.41) is 2.82. The molecule has 0 atom stereocenters. The summed E-state index contributed by atoms with van der Waals surface area (Å²) in [6.45, 7) is 4.24. The summed E-state index contributed by atoms with van der Waals surface area (Å²) in [5.41, 5.74) is 1.33. The molecule has 0 saturated carbocycles. The standard InChI is InChI=1S/C20H24N2O4/c1-4-26-17-11-9-16(10-12-17)21-20(24)13-14-22(15(2)23)18-7-5-6-8-19(18)25-3/h5-12H,4,13-14H2,1-3H3,(H,21,24). The van der Waals surface area contributed by atoms with Crippen LogP contribution in [0.5, 0.6) is 11.5 Å². The van der Waals surface area contributed by atoms with Gasteiger partial charge in [0.2, 0.25) is 11.8 Å². The van der Waals surface area contributed by atoms with E-state index in [4.69, 9.17) is 9.47 Å². The molecule has 6 heteroatoms. The lowest BCUT2D eigenvalue weighted by molar-refractivity contribution is -0.117. The lowest BCUT2D eigenvalue weighted by Crippen LogP contribution is -2.32. The SMILES string of the molecule is CCOc1ccc(NC(=O)CCN(C(C)=O)c2ccccc2OC)cc1. The Bertz CT molecular complexity index is 744. The highest BCUT2D eigenvalue weighted by molar-refractivity contribution is 5.95. The van der Waals surface area contributed by atoms with Crippen molar-refractivity contribution in [1.29, 1.82) is 0 Å². The third kappa shape index (κ3) is 5.24. The van der Waals surface area contributed by atoms with Gasteiger partial charge in [-0.1, -0.05) is 12.1 Å². The van der Waals surface area contributed by atoms with Gasteiger partial charge in [0.1, 0.15) is 11.5 Å². The largest absolute Gasteiger partial charge is 0.495 e. The summed E-state index contributed by atoms with van der Waals surface area (Å²) in [6, 6.07) is 14.4. The van der Waals surface area contributed by atoms with Gasteiger partial charge in [0.15, 0.2) is 0 Å². The molecule has 2 rings (SSSR count). The predicted molar refractivity (Wildman–Crippen MR) is 102 cm³/mol. The Morgan fingerprint density at radius 1 is 1.08 bits per heavy atom. The van der Waals surface area contributed by atoms with Gasteiger partial charge in [0.05, 0.1) is 19.4 Å². The normalized spacial score (nSPS) is 10.1. The van der Waals surface area contributed by atoms with Gasteiger partial charge >= 0.3 is 0 Å². The van der Waals surface area contributed by atoms with Crippen LogP contribution < -0.4 is 19.7 Å². The second kappa shape index (κ2) is 9.46. The number of nitrogens with one attached hydrogen (secondary N) is 1. The van der Waals surface area contributed by atoms with Crippen LogP contribution in [0.1, 0.15) is 20.3 Å². The van der Waals surface area contributed by atoms with Crippen molar-refractivity contribution in [3.8, 4) is 11.5 Å². The van der Waals surface area contributed by atoms with Crippen molar-refractivity contribution in [3.05, 3.63) is 48.5 Å². The number of methoxy groups -OCH3 is 1. The zero-order valence-corrected chi connectivity index (χ0v) is 15.3. The first kappa shape index (κ1) is 19.3. The number of nitrogens with zero attached hydrogens (tertiary/aromatic N) is 1. The fourth-order valence-electron chi connectivity index (χ4n) is 2.54. The van der Waals surface area contributed by atoms with Crippen LogP contribution in [0.15, 0.2) is 48.5 Å². The quantitative estimate of drug-likeness (QED) is 0.786. The van der Waals surface area contributed by atoms with Crippen molar-refractivity contribution in [3.63, 3.8) is 0 Å². The maximum Gasteiger partial charge on any atom is 0.226 e. The molecular weight excluding hydrogens is 332 g/mol. The van der Waals surface area contributed by atoms with E-state index in [9.17, 15) is 9.59 Å². The van der Waals surface area contributed by atoms with Crippen LogP contribution in [0, 0.1) is 0 Å². The minimum absolute atomic E-state index is 0.150. The van der Waals surface area contributed by atoms with Crippen molar-refractivity contribution >= 4 is 23.2 Å². The fourth-order valence-corrected chi connectivity index (χ4v) is 2.54. The molecule has 26 heavy (non-hydrogen) atoms. The summed E-state index contributed by atoms with van der Waals surface area (Å²) in [7, 11) is 1.55. The highest BCUT2D eigenvalue weighted by Gasteiger charge is 2.17. The Hall–Kier alpha value is -3.02. The van der Waals surface area contributed by atoms with Crippen LogP contribution in [-0.2, 0) is 9.59 Å². The minimum Gasteiger partial charge on any atom is -0.495 e. The van der Waals surface area contributed by atoms with E-state index in [0.717, 1.165) is 5.75 Å². The Balaban J connectivity index is 1.98. The molecule has 0 aliphatic rings. The van der Waals surface area contributed by atoms with E-state index in [-0.39, 0.29) is 24.8 Å². The third-order valence-corrected chi connectivity index (χ3v) is 3.77. The molecule has 138 valence electrons. The number of benzene rings is 2. The van der Waals surface area contributed by atoms with E-state index in [1.807, 2.05) is 19.1 Å². The summed E-state index contributed by atoms with van der Waals surface area (Å²) >= 11 is 0. The van der Waals surface area contributed by atoms with E-state index < -0.39 is 0 Å². The number of rotatable bonds is 8. The van der Waals surface area contributed by atoms with Crippen LogP contribution in [0.4, 0.5) is 11.4 Å². The number of anilines is 2. The van der Waals surface area contributed by atoms with Gasteiger partial charge in [-0.2, -0.15) is 0 Å². The molecule has 0 fully saturated rings. The highest BCUT2D eigenvalue weighted by Crippen LogP contribution is 2.28. The molecule has 0 aromatic heterocycles. The number of hydrogen-bond donors (Lipinski definition) is 1. The number of hydrogen-bond acceptors (Lipinski definition) is 4. The van der Waals surface area contributed by atoms with Crippen LogP contribution in [0.3, 0.4) is 0 Å². The van der Waals surface area contributed by atoms with Crippen molar-refractivity contribution in [2.45, 2.75) is 20.3 Å². The monoisotopic (exact) mass is 356 g/mol. The van der Waals surface area contributed by atoms with Gasteiger partial charge in [-0.05, 0) is 43.3 Å². The first-order chi connectivity index (χ1) is 12.5. The number of carbonyl (C=O) groups excluding carboxylic acids is 2. The van der Waals surface area contributed by atoms with E-state index in [0.29, 0.717) is 23.7 Å². The Morgan fingerprint density at radius 3 is 2.38 bits per heavy atom. The Labute approximate surface area is 153 Å². The molecule has 0 bridgehead atoms. The van der Waals surface area contributed by atoms with E-state index in [1.54, 1.807) is 43.5 Å². The molecule has 2 aromatic rings. The molecule has 0 saturated heterocycles. The predicted octanol–water partition coefficient (Wildman–Crippen LogP) is 3.48. The summed E-state index contributed by atoms with van der Waals surface area (Å²) in [5.74, 6) is 1.03. The lowest BCUT2D eigenvalue weighted by Gasteiger charge is -2.23. The van der Waals surface area contributed by atoms with Crippen molar-refractivity contribution < 1.29 is 19.1 Å². The van der Waals surface area contributed by atoms with Gasteiger partial charge < -0.3 is 19.7 Å². The minimum atomic E-state index is -0.171. The van der Waals surface area contributed by atoms with Crippen LogP contribution in [0.2, 0.25) is 0 Å².